The lowest BCUT2D eigenvalue weighted by molar-refractivity contribution is 0.415. The van der Waals surface area contributed by atoms with Crippen LogP contribution in [-0.2, 0) is 10.0 Å². The number of rotatable bonds is 6. The van der Waals surface area contributed by atoms with E-state index < -0.39 is 10.0 Å². The fraction of sp³-hybridized carbons (Fsp3) is 0.444. The van der Waals surface area contributed by atoms with E-state index in [1.54, 1.807) is 25.4 Å². The lowest BCUT2D eigenvalue weighted by Gasteiger charge is -2.08. The van der Waals surface area contributed by atoms with Crippen molar-refractivity contribution in [1.82, 2.24) is 4.98 Å². The summed E-state index contributed by atoms with van der Waals surface area (Å²) < 4.78 is 26.4. The van der Waals surface area contributed by atoms with E-state index >= 15 is 0 Å². The van der Waals surface area contributed by atoms with Gasteiger partial charge in [-0.3, -0.25) is 0 Å². The maximum absolute atomic E-state index is 10.7. The van der Waals surface area contributed by atoms with Crippen molar-refractivity contribution in [3.8, 4) is 5.75 Å². The average molecular weight is 245 g/mol. The third-order valence-electron chi connectivity index (χ3n) is 1.89. The first kappa shape index (κ1) is 12.7. The SMILES string of the molecule is COc1cccnc1NCCCS(N)(=O)=O. The van der Waals surface area contributed by atoms with Crippen molar-refractivity contribution in [2.75, 3.05) is 24.7 Å². The fourth-order valence-corrected chi connectivity index (χ4v) is 1.71. The zero-order valence-corrected chi connectivity index (χ0v) is 9.83. The van der Waals surface area contributed by atoms with E-state index in [1.807, 2.05) is 0 Å². The molecule has 0 saturated carbocycles. The summed E-state index contributed by atoms with van der Waals surface area (Å²) in [5.74, 6) is 1.17. The standard InChI is InChI=1S/C9H15N3O3S/c1-15-8-4-2-5-11-9(8)12-6-3-7-16(10,13)14/h2,4-5H,3,6-7H2,1H3,(H,11,12)(H2,10,13,14). The second kappa shape index (κ2) is 5.66. The molecule has 7 heteroatoms. The van der Waals surface area contributed by atoms with Gasteiger partial charge in [0.05, 0.1) is 12.9 Å². The minimum absolute atomic E-state index is 0.0465. The first-order valence-electron chi connectivity index (χ1n) is 4.76. The third-order valence-corrected chi connectivity index (χ3v) is 2.75. The van der Waals surface area contributed by atoms with Gasteiger partial charge >= 0.3 is 0 Å². The molecule has 6 nitrogen and oxygen atoms in total. The van der Waals surface area contributed by atoms with Crippen LogP contribution in [0.2, 0.25) is 0 Å². The molecule has 0 bridgehead atoms. The normalized spacial score (nSPS) is 11.1. The molecule has 0 fully saturated rings. The molecule has 0 aliphatic heterocycles. The Morgan fingerprint density at radius 1 is 1.56 bits per heavy atom. The highest BCUT2D eigenvalue weighted by Crippen LogP contribution is 2.19. The largest absolute Gasteiger partial charge is 0.493 e. The zero-order valence-electron chi connectivity index (χ0n) is 9.01. The first-order valence-corrected chi connectivity index (χ1v) is 6.48. The number of sulfonamides is 1. The number of hydrogen-bond donors (Lipinski definition) is 2. The highest BCUT2D eigenvalue weighted by Gasteiger charge is 2.04. The number of anilines is 1. The van der Waals surface area contributed by atoms with Crippen molar-refractivity contribution in [1.29, 1.82) is 0 Å². The number of pyridine rings is 1. The first-order chi connectivity index (χ1) is 7.53. The zero-order chi connectivity index (χ0) is 12.0. The molecule has 90 valence electrons. The van der Waals surface area contributed by atoms with E-state index in [4.69, 9.17) is 9.88 Å². The number of hydrogen-bond acceptors (Lipinski definition) is 5. The van der Waals surface area contributed by atoms with Crippen molar-refractivity contribution in [3.63, 3.8) is 0 Å². The summed E-state index contributed by atoms with van der Waals surface area (Å²) in [6, 6.07) is 3.53. The summed E-state index contributed by atoms with van der Waals surface area (Å²) >= 11 is 0. The number of aromatic nitrogens is 1. The Hall–Kier alpha value is -1.34. The van der Waals surface area contributed by atoms with Crippen LogP contribution < -0.4 is 15.2 Å². The van der Waals surface area contributed by atoms with Crippen molar-refractivity contribution in [2.45, 2.75) is 6.42 Å². The lowest BCUT2D eigenvalue weighted by Crippen LogP contribution is -2.19. The van der Waals surface area contributed by atoms with Crippen LogP contribution in [-0.4, -0.2) is 32.8 Å². The summed E-state index contributed by atoms with van der Waals surface area (Å²) in [6.45, 7) is 0.476. The van der Waals surface area contributed by atoms with Crippen LogP contribution in [0.4, 0.5) is 5.82 Å². The van der Waals surface area contributed by atoms with E-state index in [0.717, 1.165) is 0 Å². The molecule has 0 atom stereocenters. The van der Waals surface area contributed by atoms with Gasteiger partial charge < -0.3 is 10.1 Å². The Morgan fingerprint density at radius 2 is 2.31 bits per heavy atom. The predicted octanol–water partition coefficient (Wildman–Crippen LogP) is 0.181. The Balaban J connectivity index is 2.43. The second-order valence-electron chi connectivity index (χ2n) is 3.20. The van der Waals surface area contributed by atoms with E-state index in [9.17, 15) is 8.42 Å². The van der Waals surface area contributed by atoms with Crippen LogP contribution in [0.3, 0.4) is 0 Å². The summed E-state index contributed by atoms with van der Waals surface area (Å²) in [7, 11) is -1.84. The topological polar surface area (TPSA) is 94.3 Å². The van der Waals surface area contributed by atoms with E-state index in [-0.39, 0.29) is 5.75 Å². The van der Waals surface area contributed by atoms with Gasteiger partial charge in [-0.1, -0.05) is 0 Å². The van der Waals surface area contributed by atoms with Gasteiger partial charge in [0.25, 0.3) is 0 Å². The number of nitrogens with two attached hydrogens (primary N) is 1. The van der Waals surface area contributed by atoms with Gasteiger partial charge in [0, 0.05) is 12.7 Å². The van der Waals surface area contributed by atoms with Gasteiger partial charge in [-0.25, -0.2) is 18.5 Å². The Labute approximate surface area is 94.9 Å². The van der Waals surface area contributed by atoms with Gasteiger partial charge in [0.2, 0.25) is 10.0 Å². The monoisotopic (exact) mass is 245 g/mol. The van der Waals surface area contributed by atoms with Crippen molar-refractivity contribution < 1.29 is 13.2 Å². The molecule has 1 heterocycles. The number of primary sulfonamides is 1. The van der Waals surface area contributed by atoms with Gasteiger partial charge in [-0.2, -0.15) is 0 Å². The average Bonchev–Trinajstić information content (AvgIpc) is 2.23. The summed E-state index contributed by atoms with van der Waals surface area (Å²) in [5.41, 5.74) is 0. The van der Waals surface area contributed by atoms with Crippen molar-refractivity contribution >= 4 is 15.8 Å². The molecule has 16 heavy (non-hydrogen) atoms. The number of nitrogens with zero attached hydrogens (tertiary/aromatic N) is 1. The molecule has 0 saturated heterocycles. The molecule has 0 aromatic carbocycles. The molecular formula is C9H15N3O3S. The minimum atomic E-state index is -3.39. The van der Waals surface area contributed by atoms with E-state index in [2.05, 4.69) is 10.3 Å². The minimum Gasteiger partial charge on any atom is -0.493 e. The molecule has 0 aliphatic rings. The molecule has 1 aromatic rings. The smallest absolute Gasteiger partial charge is 0.209 e. The van der Waals surface area contributed by atoms with Crippen molar-refractivity contribution in [3.05, 3.63) is 18.3 Å². The third kappa shape index (κ3) is 4.45. The van der Waals surface area contributed by atoms with Crippen LogP contribution in [0.5, 0.6) is 5.75 Å². The number of ether oxygens (including phenoxy) is 1. The predicted molar refractivity (Wildman–Crippen MR) is 61.9 cm³/mol. The summed E-state index contributed by atoms with van der Waals surface area (Å²) in [4.78, 5) is 4.07. The molecule has 0 spiro atoms. The van der Waals surface area contributed by atoms with Gasteiger partial charge in [0.1, 0.15) is 0 Å². The Morgan fingerprint density at radius 3 is 2.94 bits per heavy atom. The van der Waals surface area contributed by atoms with Gasteiger partial charge in [-0.05, 0) is 18.6 Å². The number of nitrogens with one attached hydrogen (secondary N) is 1. The second-order valence-corrected chi connectivity index (χ2v) is 4.94. The van der Waals surface area contributed by atoms with E-state index in [1.165, 1.54) is 0 Å². The highest BCUT2D eigenvalue weighted by atomic mass is 32.2. The van der Waals surface area contributed by atoms with Crippen LogP contribution in [0.15, 0.2) is 18.3 Å². The Bertz CT molecular complexity index is 433. The molecular weight excluding hydrogens is 230 g/mol. The maximum Gasteiger partial charge on any atom is 0.209 e. The summed E-state index contributed by atoms with van der Waals surface area (Å²) in [5, 5.41) is 7.86. The Kier molecular flexibility index (Phi) is 4.51. The van der Waals surface area contributed by atoms with Gasteiger partial charge in [-0.15, -0.1) is 0 Å². The molecule has 1 aromatic heterocycles. The van der Waals surface area contributed by atoms with Gasteiger partial charge in [0.15, 0.2) is 11.6 Å². The molecule has 0 radical (unpaired) electrons. The van der Waals surface area contributed by atoms with Crippen molar-refractivity contribution in [2.24, 2.45) is 5.14 Å². The number of methoxy groups -OCH3 is 1. The van der Waals surface area contributed by atoms with E-state index in [0.29, 0.717) is 24.5 Å². The quantitative estimate of drug-likeness (QED) is 0.697. The van der Waals surface area contributed by atoms with Crippen LogP contribution in [0.25, 0.3) is 0 Å². The molecule has 3 N–H and O–H groups in total. The maximum atomic E-state index is 10.7. The molecule has 0 unspecified atom stereocenters. The highest BCUT2D eigenvalue weighted by molar-refractivity contribution is 7.89. The van der Waals surface area contributed by atoms with Crippen LogP contribution in [0, 0.1) is 0 Å². The molecule has 1 rings (SSSR count). The van der Waals surface area contributed by atoms with Crippen LogP contribution in [0.1, 0.15) is 6.42 Å². The summed E-state index contributed by atoms with van der Waals surface area (Å²) in [6.07, 6.45) is 2.06. The molecule has 0 amide bonds. The van der Waals surface area contributed by atoms with Crippen LogP contribution >= 0.6 is 0 Å². The lowest BCUT2D eigenvalue weighted by atomic mass is 10.4. The fourth-order valence-electron chi connectivity index (χ4n) is 1.17. The molecule has 0 aliphatic carbocycles.